The van der Waals surface area contributed by atoms with Gasteiger partial charge in [-0.3, -0.25) is 0 Å². The summed E-state index contributed by atoms with van der Waals surface area (Å²) in [5.41, 5.74) is 7.29. The van der Waals surface area contributed by atoms with Crippen molar-refractivity contribution in [1.82, 2.24) is 0 Å². The fourth-order valence-corrected chi connectivity index (χ4v) is 1.96. The molecule has 1 aliphatic carbocycles. The van der Waals surface area contributed by atoms with Crippen LogP contribution in [0.5, 0.6) is 0 Å². The summed E-state index contributed by atoms with van der Waals surface area (Å²) in [5, 5.41) is 0. The number of halogens is 1. The zero-order chi connectivity index (χ0) is 10.8. The SMILES string of the molecule is CN(c1c(F)cccc1CCN)C1CC1. The van der Waals surface area contributed by atoms with Crippen molar-refractivity contribution in [3.63, 3.8) is 0 Å². The number of anilines is 1. The predicted octanol–water partition coefficient (Wildman–Crippen LogP) is 1.93. The number of benzene rings is 1. The molecule has 2 nitrogen and oxygen atoms in total. The third-order valence-electron chi connectivity index (χ3n) is 2.93. The quantitative estimate of drug-likeness (QED) is 0.819. The van der Waals surface area contributed by atoms with E-state index in [1.807, 2.05) is 13.1 Å². The minimum Gasteiger partial charge on any atom is -0.369 e. The fraction of sp³-hybridized carbons (Fsp3) is 0.500. The summed E-state index contributed by atoms with van der Waals surface area (Å²) in [6, 6.07) is 5.77. The molecule has 1 fully saturated rings. The molecule has 1 saturated carbocycles. The molecule has 1 aromatic rings. The molecule has 0 aromatic heterocycles. The molecule has 0 atom stereocenters. The minimum absolute atomic E-state index is 0.129. The van der Waals surface area contributed by atoms with Crippen molar-refractivity contribution in [3.05, 3.63) is 29.6 Å². The summed E-state index contributed by atoms with van der Waals surface area (Å²) >= 11 is 0. The average molecular weight is 208 g/mol. The first-order chi connectivity index (χ1) is 7.24. The van der Waals surface area contributed by atoms with Gasteiger partial charge in [0.2, 0.25) is 0 Å². The van der Waals surface area contributed by atoms with Gasteiger partial charge in [-0.2, -0.15) is 0 Å². The summed E-state index contributed by atoms with van der Waals surface area (Å²) in [4.78, 5) is 2.06. The maximum absolute atomic E-state index is 13.7. The highest BCUT2D eigenvalue weighted by atomic mass is 19.1. The minimum atomic E-state index is -0.129. The number of nitrogens with two attached hydrogens (primary N) is 1. The largest absolute Gasteiger partial charge is 0.369 e. The van der Waals surface area contributed by atoms with E-state index >= 15 is 0 Å². The van der Waals surface area contributed by atoms with Crippen LogP contribution in [0, 0.1) is 5.82 Å². The normalized spacial score (nSPS) is 15.4. The Labute approximate surface area is 89.9 Å². The lowest BCUT2D eigenvalue weighted by Crippen LogP contribution is -2.23. The number of para-hydroxylation sites is 1. The second-order valence-corrected chi connectivity index (χ2v) is 4.13. The smallest absolute Gasteiger partial charge is 0.146 e. The molecule has 2 rings (SSSR count). The van der Waals surface area contributed by atoms with Crippen LogP contribution in [0.2, 0.25) is 0 Å². The van der Waals surface area contributed by atoms with Crippen molar-refractivity contribution in [2.45, 2.75) is 25.3 Å². The third kappa shape index (κ3) is 2.12. The highest BCUT2D eigenvalue weighted by molar-refractivity contribution is 5.56. The molecule has 0 spiro atoms. The lowest BCUT2D eigenvalue weighted by Gasteiger charge is -2.22. The molecule has 15 heavy (non-hydrogen) atoms. The molecule has 3 heteroatoms. The molecule has 1 aromatic carbocycles. The Kier molecular flexibility index (Phi) is 2.91. The molecule has 0 aliphatic heterocycles. The van der Waals surface area contributed by atoms with Gasteiger partial charge in [0.05, 0.1) is 5.69 Å². The van der Waals surface area contributed by atoms with Gasteiger partial charge in [-0.15, -0.1) is 0 Å². The Morgan fingerprint density at radius 2 is 2.20 bits per heavy atom. The molecule has 0 amide bonds. The molecule has 2 N–H and O–H groups in total. The molecule has 0 heterocycles. The van der Waals surface area contributed by atoms with E-state index in [2.05, 4.69) is 4.90 Å². The van der Waals surface area contributed by atoms with Crippen molar-refractivity contribution >= 4 is 5.69 Å². The van der Waals surface area contributed by atoms with Crippen molar-refractivity contribution in [3.8, 4) is 0 Å². The van der Waals surface area contributed by atoms with Crippen LogP contribution in [0.4, 0.5) is 10.1 Å². The lowest BCUT2D eigenvalue weighted by molar-refractivity contribution is 0.619. The van der Waals surface area contributed by atoms with Gasteiger partial charge in [-0.25, -0.2) is 4.39 Å². The molecule has 82 valence electrons. The van der Waals surface area contributed by atoms with E-state index in [1.54, 1.807) is 6.07 Å². The Hall–Kier alpha value is -1.09. The van der Waals surface area contributed by atoms with Gasteiger partial charge < -0.3 is 10.6 Å². The molecule has 0 unspecified atom stereocenters. The van der Waals surface area contributed by atoms with Crippen LogP contribution in [-0.2, 0) is 6.42 Å². The van der Waals surface area contributed by atoms with E-state index < -0.39 is 0 Å². The van der Waals surface area contributed by atoms with E-state index in [0.29, 0.717) is 12.6 Å². The molecule has 0 saturated heterocycles. The van der Waals surface area contributed by atoms with Crippen LogP contribution in [0.15, 0.2) is 18.2 Å². The number of nitrogens with zero attached hydrogens (tertiary/aromatic N) is 1. The maximum atomic E-state index is 13.7. The summed E-state index contributed by atoms with van der Waals surface area (Å²) < 4.78 is 13.7. The van der Waals surface area contributed by atoms with Crippen molar-refractivity contribution in [2.75, 3.05) is 18.5 Å². The average Bonchev–Trinajstić information content (AvgIpc) is 3.01. The fourth-order valence-electron chi connectivity index (χ4n) is 1.96. The van der Waals surface area contributed by atoms with E-state index in [1.165, 1.54) is 18.9 Å². The van der Waals surface area contributed by atoms with Crippen molar-refractivity contribution < 1.29 is 4.39 Å². The van der Waals surface area contributed by atoms with Gasteiger partial charge in [0.15, 0.2) is 0 Å². The van der Waals surface area contributed by atoms with Gasteiger partial charge in [0.25, 0.3) is 0 Å². The van der Waals surface area contributed by atoms with Gasteiger partial charge in [0, 0.05) is 13.1 Å². The van der Waals surface area contributed by atoms with Gasteiger partial charge in [0.1, 0.15) is 5.82 Å². The molecule has 0 bridgehead atoms. The standard InChI is InChI=1S/C12H17FN2/c1-15(10-5-6-10)12-9(7-8-14)3-2-4-11(12)13/h2-4,10H,5-8,14H2,1H3. The number of rotatable bonds is 4. The highest BCUT2D eigenvalue weighted by Crippen LogP contribution is 2.33. The van der Waals surface area contributed by atoms with Crippen LogP contribution in [0.3, 0.4) is 0 Å². The second kappa shape index (κ2) is 4.19. The van der Waals surface area contributed by atoms with Crippen LogP contribution < -0.4 is 10.6 Å². The first kappa shape index (κ1) is 10.4. The van der Waals surface area contributed by atoms with Crippen LogP contribution in [0.25, 0.3) is 0 Å². The molecular formula is C12H17FN2. The van der Waals surface area contributed by atoms with Crippen LogP contribution >= 0.6 is 0 Å². The summed E-state index contributed by atoms with van der Waals surface area (Å²) in [5.74, 6) is -0.129. The Bertz CT molecular complexity index is 347. The maximum Gasteiger partial charge on any atom is 0.146 e. The summed E-state index contributed by atoms with van der Waals surface area (Å²) in [6.45, 7) is 0.564. The highest BCUT2D eigenvalue weighted by Gasteiger charge is 2.28. The van der Waals surface area contributed by atoms with Gasteiger partial charge in [-0.1, -0.05) is 12.1 Å². The third-order valence-corrected chi connectivity index (χ3v) is 2.93. The van der Waals surface area contributed by atoms with Crippen molar-refractivity contribution in [2.24, 2.45) is 5.73 Å². The zero-order valence-corrected chi connectivity index (χ0v) is 9.04. The summed E-state index contributed by atoms with van der Waals surface area (Å²) in [7, 11) is 1.97. The van der Waals surface area contributed by atoms with Gasteiger partial charge in [-0.05, 0) is 37.4 Å². The van der Waals surface area contributed by atoms with E-state index in [4.69, 9.17) is 5.73 Å². The van der Waals surface area contributed by atoms with Crippen molar-refractivity contribution in [1.29, 1.82) is 0 Å². The molecule has 1 aliphatic rings. The lowest BCUT2D eigenvalue weighted by atomic mass is 10.1. The second-order valence-electron chi connectivity index (χ2n) is 4.13. The first-order valence-corrected chi connectivity index (χ1v) is 5.44. The Balaban J connectivity index is 2.32. The van der Waals surface area contributed by atoms with Crippen LogP contribution in [0.1, 0.15) is 18.4 Å². The van der Waals surface area contributed by atoms with Crippen LogP contribution in [-0.4, -0.2) is 19.6 Å². The number of hydrogen-bond acceptors (Lipinski definition) is 2. The summed E-state index contributed by atoms with van der Waals surface area (Å²) in [6.07, 6.45) is 3.09. The van der Waals surface area contributed by atoms with Gasteiger partial charge >= 0.3 is 0 Å². The molecule has 0 radical (unpaired) electrons. The van der Waals surface area contributed by atoms with E-state index in [0.717, 1.165) is 17.7 Å². The number of hydrogen-bond donors (Lipinski definition) is 1. The molecular weight excluding hydrogens is 191 g/mol. The Morgan fingerprint density at radius 3 is 2.80 bits per heavy atom. The Morgan fingerprint density at radius 1 is 1.47 bits per heavy atom. The zero-order valence-electron chi connectivity index (χ0n) is 9.04. The monoisotopic (exact) mass is 208 g/mol. The van der Waals surface area contributed by atoms with E-state index in [-0.39, 0.29) is 5.82 Å². The predicted molar refractivity (Wildman–Crippen MR) is 60.6 cm³/mol. The van der Waals surface area contributed by atoms with E-state index in [9.17, 15) is 4.39 Å². The first-order valence-electron chi connectivity index (χ1n) is 5.44. The topological polar surface area (TPSA) is 29.3 Å².